The van der Waals surface area contributed by atoms with E-state index < -0.39 is 10.0 Å². The van der Waals surface area contributed by atoms with E-state index in [0.717, 1.165) is 32.1 Å². The summed E-state index contributed by atoms with van der Waals surface area (Å²) in [5.74, 6) is 0. The van der Waals surface area contributed by atoms with Gasteiger partial charge in [-0.2, -0.15) is 4.31 Å². The van der Waals surface area contributed by atoms with Gasteiger partial charge in [0.2, 0.25) is 10.0 Å². The van der Waals surface area contributed by atoms with Crippen LogP contribution in [0.25, 0.3) is 0 Å². The van der Waals surface area contributed by atoms with Gasteiger partial charge >= 0.3 is 0 Å². The minimum Gasteiger partial charge on any atom is -0.212 e. The monoisotopic (exact) mass is 267 g/mol. The molecule has 0 saturated carbocycles. The zero-order valence-electron chi connectivity index (χ0n) is 10.9. The highest BCUT2D eigenvalue weighted by Crippen LogP contribution is 2.23. The van der Waals surface area contributed by atoms with Gasteiger partial charge < -0.3 is 0 Å². The third-order valence-electron chi connectivity index (χ3n) is 3.61. The Morgan fingerprint density at radius 1 is 1.22 bits per heavy atom. The Balaban J connectivity index is 1.98. The van der Waals surface area contributed by atoms with Crippen molar-refractivity contribution in [3.63, 3.8) is 0 Å². The van der Waals surface area contributed by atoms with Crippen molar-refractivity contribution in [3.05, 3.63) is 35.9 Å². The van der Waals surface area contributed by atoms with Crippen LogP contribution in [0, 0.1) is 0 Å². The number of benzene rings is 1. The molecule has 3 nitrogen and oxygen atoms in total. The molecule has 0 aromatic heterocycles. The first kappa shape index (κ1) is 13.6. The Kier molecular flexibility index (Phi) is 4.40. The van der Waals surface area contributed by atoms with Gasteiger partial charge in [0, 0.05) is 12.6 Å². The van der Waals surface area contributed by atoms with Crippen LogP contribution in [0.15, 0.2) is 30.3 Å². The molecule has 4 heteroatoms. The number of aryl methyl sites for hydroxylation is 1. The average Bonchev–Trinajstić information content (AvgIpc) is 2.37. The van der Waals surface area contributed by atoms with E-state index in [1.54, 1.807) is 4.31 Å². The molecule has 0 spiro atoms. The molecule has 100 valence electrons. The maximum absolute atomic E-state index is 11.7. The fourth-order valence-electron chi connectivity index (χ4n) is 2.68. The van der Waals surface area contributed by atoms with E-state index in [4.69, 9.17) is 0 Å². The van der Waals surface area contributed by atoms with E-state index in [2.05, 4.69) is 12.1 Å². The van der Waals surface area contributed by atoms with Gasteiger partial charge in [-0.05, 0) is 31.2 Å². The van der Waals surface area contributed by atoms with Crippen LogP contribution in [0.1, 0.15) is 31.2 Å². The van der Waals surface area contributed by atoms with E-state index in [1.165, 1.54) is 11.8 Å². The molecule has 2 rings (SSSR count). The van der Waals surface area contributed by atoms with Gasteiger partial charge in [0.15, 0.2) is 0 Å². The fourth-order valence-corrected chi connectivity index (χ4v) is 3.89. The van der Waals surface area contributed by atoms with Gasteiger partial charge in [-0.1, -0.05) is 36.8 Å². The number of sulfonamides is 1. The van der Waals surface area contributed by atoms with Crippen LogP contribution in [0.2, 0.25) is 0 Å². The Labute approximate surface area is 110 Å². The third-order valence-corrected chi connectivity index (χ3v) is 4.94. The van der Waals surface area contributed by atoms with Crippen molar-refractivity contribution in [2.24, 2.45) is 0 Å². The molecule has 1 aromatic carbocycles. The SMILES string of the molecule is CS(=O)(=O)N1CCCCC1CCc1ccccc1. The maximum Gasteiger partial charge on any atom is 0.211 e. The van der Waals surface area contributed by atoms with Crippen LogP contribution >= 0.6 is 0 Å². The van der Waals surface area contributed by atoms with E-state index >= 15 is 0 Å². The summed E-state index contributed by atoms with van der Waals surface area (Å²) < 4.78 is 25.2. The fraction of sp³-hybridized carbons (Fsp3) is 0.571. The van der Waals surface area contributed by atoms with Crippen LogP contribution in [0.4, 0.5) is 0 Å². The topological polar surface area (TPSA) is 37.4 Å². The lowest BCUT2D eigenvalue weighted by atomic mass is 9.98. The first-order valence-electron chi connectivity index (χ1n) is 6.58. The van der Waals surface area contributed by atoms with Gasteiger partial charge in [0.25, 0.3) is 0 Å². The summed E-state index contributed by atoms with van der Waals surface area (Å²) in [6, 6.07) is 10.5. The molecule has 1 atom stereocenters. The van der Waals surface area contributed by atoms with Gasteiger partial charge in [-0.25, -0.2) is 8.42 Å². The van der Waals surface area contributed by atoms with E-state index in [9.17, 15) is 8.42 Å². The summed E-state index contributed by atoms with van der Waals surface area (Å²) in [5.41, 5.74) is 1.29. The maximum atomic E-state index is 11.7. The summed E-state index contributed by atoms with van der Waals surface area (Å²) in [4.78, 5) is 0. The van der Waals surface area contributed by atoms with Crippen LogP contribution in [-0.2, 0) is 16.4 Å². The van der Waals surface area contributed by atoms with Crippen molar-refractivity contribution in [2.75, 3.05) is 12.8 Å². The van der Waals surface area contributed by atoms with Crippen molar-refractivity contribution in [2.45, 2.75) is 38.1 Å². The Hall–Kier alpha value is -0.870. The number of hydrogen-bond acceptors (Lipinski definition) is 2. The lowest BCUT2D eigenvalue weighted by Gasteiger charge is -2.33. The zero-order chi connectivity index (χ0) is 13.0. The molecule has 1 aromatic rings. The average molecular weight is 267 g/mol. The van der Waals surface area contributed by atoms with Gasteiger partial charge in [0.05, 0.1) is 6.26 Å². The molecule has 1 aliphatic rings. The second-order valence-electron chi connectivity index (χ2n) is 5.05. The Morgan fingerprint density at radius 3 is 2.61 bits per heavy atom. The minimum absolute atomic E-state index is 0.189. The van der Waals surface area contributed by atoms with Gasteiger partial charge in [-0.15, -0.1) is 0 Å². The van der Waals surface area contributed by atoms with Crippen LogP contribution in [-0.4, -0.2) is 31.6 Å². The quantitative estimate of drug-likeness (QED) is 0.840. The largest absolute Gasteiger partial charge is 0.212 e. The Bertz CT molecular complexity index is 470. The standard InChI is InChI=1S/C14H21NO2S/c1-18(16,17)15-12-6-5-9-14(15)11-10-13-7-3-2-4-8-13/h2-4,7-8,14H,5-6,9-12H2,1H3. The van der Waals surface area contributed by atoms with Gasteiger partial charge in [-0.3, -0.25) is 0 Å². The zero-order valence-corrected chi connectivity index (χ0v) is 11.7. The number of hydrogen-bond donors (Lipinski definition) is 0. The summed E-state index contributed by atoms with van der Waals surface area (Å²) in [7, 11) is -3.05. The minimum atomic E-state index is -3.05. The van der Waals surface area contributed by atoms with Crippen molar-refractivity contribution in [1.29, 1.82) is 0 Å². The molecule has 0 aliphatic carbocycles. The second-order valence-corrected chi connectivity index (χ2v) is 6.98. The lowest BCUT2D eigenvalue weighted by Crippen LogP contribution is -2.43. The molecular formula is C14H21NO2S. The molecule has 0 N–H and O–H groups in total. The van der Waals surface area contributed by atoms with Crippen LogP contribution in [0.5, 0.6) is 0 Å². The predicted molar refractivity (Wildman–Crippen MR) is 74.0 cm³/mol. The number of rotatable bonds is 4. The Morgan fingerprint density at radius 2 is 1.94 bits per heavy atom. The predicted octanol–water partition coefficient (Wildman–Crippen LogP) is 2.43. The van der Waals surface area contributed by atoms with Crippen LogP contribution < -0.4 is 0 Å². The highest BCUT2D eigenvalue weighted by molar-refractivity contribution is 7.88. The summed E-state index contributed by atoms with van der Waals surface area (Å²) >= 11 is 0. The van der Waals surface area contributed by atoms with E-state index in [0.29, 0.717) is 6.54 Å². The van der Waals surface area contributed by atoms with Crippen molar-refractivity contribution < 1.29 is 8.42 Å². The lowest BCUT2D eigenvalue weighted by molar-refractivity contribution is 0.242. The molecular weight excluding hydrogens is 246 g/mol. The molecule has 1 saturated heterocycles. The second kappa shape index (κ2) is 5.85. The summed E-state index contributed by atoms with van der Waals surface area (Å²) in [5, 5.41) is 0. The molecule has 1 heterocycles. The number of piperidine rings is 1. The van der Waals surface area contributed by atoms with Crippen molar-refractivity contribution in [3.8, 4) is 0 Å². The molecule has 1 fully saturated rings. The first-order valence-corrected chi connectivity index (χ1v) is 8.43. The molecule has 18 heavy (non-hydrogen) atoms. The van der Waals surface area contributed by atoms with Crippen LogP contribution in [0.3, 0.4) is 0 Å². The molecule has 1 unspecified atom stereocenters. The smallest absolute Gasteiger partial charge is 0.211 e. The van der Waals surface area contributed by atoms with Crippen molar-refractivity contribution in [1.82, 2.24) is 4.31 Å². The molecule has 1 aliphatic heterocycles. The van der Waals surface area contributed by atoms with E-state index in [-0.39, 0.29) is 6.04 Å². The third kappa shape index (κ3) is 3.56. The van der Waals surface area contributed by atoms with Gasteiger partial charge in [0.1, 0.15) is 0 Å². The molecule has 0 amide bonds. The molecule has 0 bridgehead atoms. The van der Waals surface area contributed by atoms with E-state index in [1.807, 2.05) is 18.2 Å². The molecule has 0 radical (unpaired) electrons. The first-order chi connectivity index (χ1) is 8.57. The highest BCUT2D eigenvalue weighted by Gasteiger charge is 2.28. The normalized spacial score (nSPS) is 21.9. The summed E-state index contributed by atoms with van der Waals surface area (Å²) in [6.07, 6.45) is 6.35. The summed E-state index contributed by atoms with van der Waals surface area (Å²) in [6.45, 7) is 0.693. The number of nitrogens with zero attached hydrogens (tertiary/aromatic N) is 1. The van der Waals surface area contributed by atoms with Crippen molar-refractivity contribution >= 4 is 10.0 Å². The highest BCUT2D eigenvalue weighted by atomic mass is 32.2.